The standard InChI is InChI=1S/C24H31BrClN3O4S/c1-16-13-19(11-12-20(16)25)29(34(6,32)33)15-22(30)28(14-18-9-7-8-10-21(18)26)17(2)23(31)27-24(3,4)5/h7-13,17H,14-15H2,1-6H3,(H,27,31)/t17-/m1/s1. The van der Waals surface area contributed by atoms with Crippen molar-refractivity contribution in [1.29, 1.82) is 0 Å². The van der Waals surface area contributed by atoms with Crippen molar-refractivity contribution in [3.63, 3.8) is 0 Å². The second-order valence-corrected chi connectivity index (χ2v) is 12.4. The van der Waals surface area contributed by atoms with Crippen molar-refractivity contribution in [2.45, 2.75) is 52.7 Å². The van der Waals surface area contributed by atoms with Crippen LogP contribution >= 0.6 is 27.5 Å². The van der Waals surface area contributed by atoms with Gasteiger partial charge in [-0.3, -0.25) is 13.9 Å². The van der Waals surface area contributed by atoms with Gasteiger partial charge >= 0.3 is 0 Å². The van der Waals surface area contributed by atoms with E-state index in [1.54, 1.807) is 49.4 Å². The molecule has 10 heteroatoms. The zero-order chi connectivity index (χ0) is 25.8. The maximum Gasteiger partial charge on any atom is 0.244 e. The van der Waals surface area contributed by atoms with Crippen LogP contribution in [0.15, 0.2) is 46.9 Å². The largest absolute Gasteiger partial charge is 0.350 e. The van der Waals surface area contributed by atoms with Gasteiger partial charge in [0.2, 0.25) is 21.8 Å². The summed E-state index contributed by atoms with van der Waals surface area (Å²) in [4.78, 5) is 27.8. The summed E-state index contributed by atoms with van der Waals surface area (Å²) in [6.07, 6.45) is 1.05. The maximum atomic E-state index is 13.5. The number of benzene rings is 2. The van der Waals surface area contributed by atoms with Crippen LogP contribution < -0.4 is 9.62 Å². The molecule has 1 atom stereocenters. The second kappa shape index (κ2) is 11.1. The van der Waals surface area contributed by atoms with Gasteiger partial charge in [0.25, 0.3) is 0 Å². The van der Waals surface area contributed by atoms with Crippen LogP contribution in [-0.2, 0) is 26.2 Å². The van der Waals surface area contributed by atoms with Crippen molar-refractivity contribution in [3.8, 4) is 0 Å². The van der Waals surface area contributed by atoms with E-state index in [1.807, 2.05) is 27.7 Å². The average Bonchev–Trinajstić information content (AvgIpc) is 2.70. The van der Waals surface area contributed by atoms with Gasteiger partial charge in [0, 0.05) is 21.6 Å². The molecule has 0 aliphatic carbocycles. The van der Waals surface area contributed by atoms with Crippen molar-refractivity contribution in [3.05, 3.63) is 63.1 Å². The van der Waals surface area contributed by atoms with E-state index < -0.39 is 34.1 Å². The number of rotatable bonds is 8. The maximum absolute atomic E-state index is 13.5. The van der Waals surface area contributed by atoms with Crippen LogP contribution in [0.1, 0.15) is 38.8 Å². The molecule has 0 aliphatic rings. The monoisotopic (exact) mass is 571 g/mol. The van der Waals surface area contributed by atoms with Gasteiger partial charge in [0.05, 0.1) is 11.9 Å². The molecular formula is C24H31BrClN3O4S. The molecule has 34 heavy (non-hydrogen) atoms. The van der Waals surface area contributed by atoms with Crippen LogP contribution in [0, 0.1) is 6.92 Å². The van der Waals surface area contributed by atoms with E-state index in [4.69, 9.17) is 11.6 Å². The van der Waals surface area contributed by atoms with Crippen LogP contribution in [0.4, 0.5) is 5.69 Å². The molecular weight excluding hydrogens is 542 g/mol. The number of hydrogen-bond donors (Lipinski definition) is 1. The number of carbonyl (C=O) groups excluding carboxylic acids is 2. The Kier molecular flexibility index (Phi) is 9.18. The van der Waals surface area contributed by atoms with Crippen molar-refractivity contribution in [1.82, 2.24) is 10.2 Å². The predicted molar refractivity (Wildman–Crippen MR) is 140 cm³/mol. The molecule has 186 valence electrons. The highest BCUT2D eigenvalue weighted by molar-refractivity contribution is 9.10. The van der Waals surface area contributed by atoms with E-state index in [0.717, 1.165) is 20.6 Å². The first-order chi connectivity index (χ1) is 15.6. The van der Waals surface area contributed by atoms with Crippen LogP contribution in [0.25, 0.3) is 0 Å². The smallest absolute Gasteiger partial charge is 0.244 e. The molecule has 0 unspecified atom stereocenters. The first kappa shape index (κ1) is 28.1. The number of aryl methyl sites for hydroxylation is 1. The zero-order valence-corrected chi connectivity index (χ0v) is 23.4. The van der Waals surface area contributed by atoms with Crippen LogP contribution in [0.2, 0.25) is 5.02 Å². The Hall–Kier alpha value is -2.10. The van der Waals surface area contributed by atoms with Crippen molar-refractivity contribution in [2.24, 2.45) is 0 Å². The van der Waals surface area contributed by atoms with Gasteiger partial charge in [-0.25, -0.2) is 8.42 Å². The fraction of sp³-hybridized carbons (Fsp3) is 0.417. The Balaban J connectivity index is 2.44. The number of nitrogens with one attached hydrogen (secondary N) is 1. The summed E-state index contributed by atoms with van der Waals surface area (Å²) in [6, 6.07) is 11.2. The fourth-order valence-corrected chi connectivity index (χ4v) is 4.55. The number of anilines is 1. The number of carbonyl (C=O) groups is 2. The van der Waals surface area contributed by atoms with Gasteiger partial charge in [-0.05, 0) is 70.0 Å². The summed E-state index contributed by atoms with van der Waals surface area (Å²) < 4.78 is 27.1. The normalized spacial score (nSPS) is 12.7. The third-order valence-corrected chi connectivity index (χ3v) is 7.47. The van der Waals surface area contributed by atoms with Crippen LogP contribution in [-0.4, -0.2) is 49.5 Å². The van der Waals surface area contributed by atoms with E-state index in [9.17, 15) is 18.0 Å². The molecule has 1 N–H and O–H groups in total. The number of nitrogens with zero attached hydrogens (tertiary/aromatic N) is 2. The van der Waals surface area contributed by atoms with Gasteiger partial charge in [-0.15, -0.1) is 0 Å². The first-order valence-electron chi connectivity index (χ1n) is 10.7. The van der Waals surface area contributed by atoms with E-state index in [0.29, 0.717) is 16.3 Å². The predicted octanol–water partition coefficient (Wildman–Crippen LogP) is 4.51. The van der Waals surface area contributed by atoms with E-state index >= 15 is 0 Å². The van der Waals surface area contributed by atoms with Crippen molar-refractivity contribution >= 4 is 55.1 Å². The Labute approximate surface area is 215 Å². The lowest BCUT2D eigenvalue weighted by Crippen LogP contribution is -2.54. The SMILES string of the molecule is Cc1cc(N(CC(=O)N(Cc2ccccc2Cl)[C@H](C)C(=O)NC(C)(C)C)S(C)(=O)=O)ccc1Br. The van der Waals surface area contributed by atoms with Gasteiger partial charge in [0.1, 0.15) is 12.6 Å². The molecule has 0 heterocycles. The molecule has 2 aromatic rings. The molecule has 2 amide bonds. The van der Waals surface area contributed by atoms with Gasteiger partial charge < -0.3 is 10.2 Å². The van der Waals surface area contributed by atoms with E-state index in [1.165, 1.54) is 4.90 Å². The topological polar surface area (TPSA) is 86.8 Å². The summed E-state index contributed by atoms with van der Waals surface area (Å²) in [5.41, 5.74) is 1.34. The lowest BCUT2D eigenvalue weighted by molar-refractivity contribution is -0.140. The minimum absolute atomic E-state index is 0.0498. The van der Waals surface area contributed by atoms with Crippen LogP contribution in [0.5, 0.6) is 0 Å². The molecule has 0 saturated carbocycles. The highest BCUT2D eigenvalue weighted by Crippen LogP contribution is 2.25. The minimum atomic E-state index is -3.79. The Morgan fingerprint density at radius 3 is 2.29 bits per heavy atom. The third-order valence-electron chi connectivity index (χ3n) is 5.07. The molecule has 0 aromatic heterocycles. The molecule has 0 spiro atoms. The molecule has 2 aromatic carbocycles. The molecule has 0 fully saturated rings. The summed E-state index contributed by atoms with van der Waals surface area (Å²) in [6.45, 7) is 8.58. The third kappa shape index (κ3) is 7.71. The molecule has 0 saturated heterocycles. The number of sulfonamides is 1. The summed E-state index contributed by atoms with van der Waals surface area (Å²) in [7, 11) is -3.79. The average molecular weight is 573 g/mol. The minimum Gasteiger partial charge on any atom is -0.350 e. The first-order valence-corrected chi connectivity index (χ1v) is 13.7. The summed E-state index contributed by atoms with van der Waals surface area (Å²) in [5, 5.41) is 3.33. The van der Waals surface area contributed by atoms with E-state index in [2.05, 4.69) is 21.2 Å². The molecule has 0 bridgehead atoms. The highest BCUT2D eigenvalue weighted by atomic mass is 79.9. The molecule has 0 radical (unpaired) electrons. The Morgan fingerprint density at radius 1 is 1.15 bits per heavy atom. The fourth-order valence-electron chi connectivity index (χ4n) is 3.26. The zero-order valence-electron chi connectivity index (χ0n) is 20.2. The lowest BCUT2D eigenvalue weighted by Gasteiger charge is -2.33. The summed E-state index contributed by atoms with van der Waals surface area (Å²) >= 11 is 9.73. The molecule has 0 aliphatic heterocycles. The van der Waals surface area contributed by atoms with Gasteiger partial charge in [0.15, 0.2) is 0 Å². The molecule has 2 rings (SSSR count). The number of hydrogen-bond acceptors (Lipinski definition) is 4. The van der Waals surface area contributed by atoms with Crippen LogP contribution in [0.3, 0.4) is 0 Å². The van der Waals surface area contributed by atoms with Crippen molar-refractivity contribution in [2.75, 3.05) is 17.1 Å². The number of halogens is 2. The molecule has 7 nitrogen and oxygen atoms in total. The quantitative estimate of drug-likeness (QED) is 0.504. The highest BCUT2D eigenvalue weighted by Gasteiger charge is 2.31. The Bertz CT molecular complexity index is 1170. The van der Waals surface area contributed by atoms with E-state index in [-0.39, 0.29) is 12.5 Å². The van der Waals surface area contributed by atoms with Crippen molar-refractivity contribution < 1.29 is 18.0 Å². The van der Waals surface area contributed by atoms with Gasteiger partial charge in [-0.1, -0.05) is 45.7 Å². The lowest BCUT2D eigenvalue weighted by atomic mass is 10.1. The number of amides is 2. The second-order valence-electron chi connectivity index (χ2n) is 9.23. The summed E-state index contributed by atoms with van der Waals surface area (Å²) in [5.74, 6) is -0.874. The Morgan fingerprint density at radius 2 is 1.76 bits per heavy atom. The van der Waals surface area contributed by atoms with Gasteiger partial charge in [-0.2, -0.15) is 0 Å².